The number of ether oxygens (including phenoxy) is 2. The summed E-state index contributed by atoms with van der Waals surface area (Å²) in [7, 11) is 0. The summed E-state index contributed by atoms with van der Waals surface area (Å²) < 4.78 is 11.0. The van der Waals surface area contributed by atoms with Gasteiger partial charge in [0, 0.05) is 24.8 Å². The quantitative estimate of drug-likeness (QED) is 0.808. The first-order valence-corrected chi connectivity index (χ1v) is 8.86. The van der Waals surface area contributed by atoms with Gasteiger partial charge >= 0.3 is 0 Å². The van der Waals surface area contributed by atoms with E-state index in [1.807, 2.05) is 6.92 Å². The minimum atomic E-state index is -0.212. The van der Waals surface area contributed by atoms with Crippen LogP contribution >= 0.6 is 12.4 Å². The number of fused-ring (bicyclic) bond motifs is 1. The van der Waals surface area contributed by atoms with Gasteiger partial charge in [0.25, 0.3) is 0 Å². The van der Waals surface area contributed by atoms with Crippen molar-refractivity contribution in [2.24, 2.45) is 5.92 Å². The molecule has 1 unspecified atom stereocenters. The number of hydrogen-bond acceptors (Lipinski definition) is 5. The van der Waals surface area contributed by atoms with Crippen LogP contribution in [0.2, 0.25) is 0 Å². The number of benzene rings is 1. The maximum absolute atomic E-state index is 12.6. The topological polar surface area (TPSA) is 79.9 Å². The molecule has 0 bridgehead atoms. The number of halogens is 1. The third kappa shape index (κ3) is 5.02. The van der Waals surface area contributed by atoms with Gasteiger partial charge in [-0.1, -0.05) is 0 Å². The van der Waals surface area contributed by atoms with Crippen LogP contribution in [-0.4, -0.2) is 56.1 Å². The molecule has 0 spiro atoms. The van der Waals surface area contributed by atoms with Gasteiger partial charge < -0.3 is 25.0 Å². The van der Waals surface area contributed by atoms with E-state index in [0.29, 0.717) is 43.5 Å². The monoisotopic (exact) mass is 383 g/mol. The second-order valence-electron chi connectivity index (χ2n) is 6.30. The summed E-state index contributed by atoms with van der Waals surface area (Å²) in [6.45, 7) is 5.15. The fourth-order valence-corrected chi connectivity index (χ4v) is 3.16. The van der Waals surface area contributed by atoms with E-state index in [2.05, 4.69) is 10.6 Å². The second-order valence-corrected chi connectivity index (χ2v) is 6.30. The Balaban J connectivity index is 0.00000243. The van der Waals surface area contributed by atoms with Gasteiger partial charge in [0.1, 0.15) is 13.2 Å². The largest absolute Gasteiger partial charge is 0.486 e. The van der Waals surface area contributed by atoms with Crippen LogP contribution in [0.4, 0.5) is 5.69 Å². The van der Waals surface area contributed by atoms with Gasteiger partial charge in [0.15, 0.2) is 11.5 Å². The highest BCUT2D eigenvalue weighted by Gasteiger charge is 2.26. The van der Waals surface area contributed by atoms with Crippen molar-refractivity contribution in [1.29, 1.82) is 0 Å². The van der Waals surface area contributed by atoms with Crippen LogP contribution in [0.5, 0.6) is 11.5 Å². The zero-order valence-electron chi connectivity index (χ0n) is 15.0. The predicted molar refractivity (Wildman–Crippen MR) is 101 cm³/mol. The maximum Gasteiger partial charge on any atom is 0.243 e. The number of hydrogen-bond donors (Lipinski definition) is 2. The Bertz CT molecular complexity index is 635. The number of nitrogens with one attached hydrogen (secondary N) is 2. The first-order chi connectivity index (χ1) is 12.2. The molecule has 26 heavy (non-hydrogen) atoms. The van der Waals surface area contributed by atoms with Crippen LogP contribution in [0.15, 0.2) is 18.2 Å². The van der Waals surface area contributed by atoms with Crippen LogP contribution in [0, 0.1) is 5.92 Å². The number of anilines is 1. The molecular formula is C18H26ClN3O4. The molecule has 0 aromatic heterocycles. The Morgan fingerprint density at radius 1 is 1.27 bits per heavy atom. The van der Waals surface area contributed by atoms with Crippen molar-refractivity contribution in [1.82, 2.24) is 10.2 Å². The number of amides is 2. The molecule has 0 aliphatic carbocycles. The number of likely N-dealkylation sites (N-methyl/N-ethyl adjacent to an activating group) is 1. The lowest BCUT2D eigenvalue weighted by atomic mass is 9.98. The van der Waals surface area contributed by atoms with Gasteiger partial charge in [-0.2, -0.15) is 0 Å². The summed E-state index contributed by atoms with van der Waals surface area (Å²) in [6.07, 6.45) is 1.88. The predicted octanol–water partition coefficient (Wildman–Crippen LogP) is 1.67. The molecule has 1 saturated heterocycles. The molecule has 2 N–H and O–H groups in total. The Hall–Kier alpha value is -1.99. The Morgan fingerprint density at radius 2 is 2.04 bits per heavy atom. The molecular weight excluding hydrogens is 358 g/mol. The van der Waals surface area contributed by atoms with E-state index >= 15 is 0 Å². The van der Waals surface area contributed by atoms with Gasteiger partial charge in [0.05, 0.1) is 12.5 Å². The van der Waals surface area contributed by atoms with Crippen molar-refractivity contribution < 1.29 is 19.1 Å². The van der Waals surface area contributed by atoms with Crippen molar-refractivity contribution in [3.63, 3.8) is 0 Å². The molecule has 1 aromatic rings. The Labute approximate surface area is 159 Å². The van der Waals surface area contributed by atoms with Crippen molar-refractivity contribution in [3.8, 4) is 11.5 Å². The highest BCUT2D eigenvalue weighted by molar-refractivity contribution is 5.95. The van der Waals surface area contributed by atoms with Crippen LogP contribution < -0.4 is 20.1 Å². The number of nitrogens with zero attached hydrogens (tertiary/aromatic N) is 1. The fraction of sp³-hybridized carbons (Fsp3) is 0.556. The number of carbonyl (C=O) groups excluding carboxylic acids is 2. The number of piperidine rings is 1. The zero-order chi connectivity index (χ0) is 17.6. The molecule has 1 atom stereocenters. The fourth-order valence-electron chi connectivity index (χ4n) is 3.16. The summed E-state index contributed by atoms with van der Waals surface area (Å²) in [6, 6.07) is 5.30. The van der Waals surface area contributed by atoms with Gasteiger partial charge in [-0.3, -0.25) is 9.59 Å². The van der Waals surface area contributed by atoms with Crippen LogP contribution in [0.25, 0.3) is 0 Å². The van der Waals surface area contributed by atoms with E-state index in [1.54, 1.807) is 23.1 Å². The minimum absolute atomic E-state index is 0. The minimum Gasteiger partial charge on any atom is -0.486 e. The van der Waals surface area contributed by atoms with E-state index in [9.17, 15) is 9.59 Å². The summed E-state index contributed by atoms with van der Waals surface area (Å²) in [5.74, 6) is 1.11. The van der Waals surface area contributed by atoms with E-state index in [0.717, 1.165) is 19.4 Å². The molecule has 2 aliphatic rings. The van der Waals surface area contributed by atoms with Crippen LogP contribution in [0.3, 0.4) is 0 Å². The average Bonchev–Trinajstić information content (AvgIpc) is 2.66. The van der Waals surface area contributed by atoms with Gasteiger partial charge in [-0.25, -0.2) is 0 Å². The highest BCUT2D eigenvalue weighted by atomic mass is 35.5. The summed E-state index contributed by atoms with van der Waals surface area (Å²) in [5, 5.41) is 6.07. The molecule has 2 amide bonds. The van der Waals surface area contributed by atoms with Crippen LogP contribution in [-0.2, 0) is 9.59 Å². The third-order valence-electron chi connectivity index (χ3n) is 4.50. The summed E-state index contributed by atoms with van der Waals surface area (Å²) >= 11 is 0. The summed E-state index contributed by atoms with van der Waals surface area (Å²) in [4.78, 5) is 26.5. The van der Waals surface area contributed by atoms with Gasteiger partial charge in [-0.15, -0.1) is 12.4 Å². The first kappa shape index (κ1) is 20.3. The Kier molecular flexibility index (Phi) is 7.53. The van der Waals surface area contributed by atoms with Gasteiger partial charge in [-0.05, 0) is 38.4 Å². The zero-order valence-corrected chi connectivity index (χ0v) is 15.8. The molecule has 7 nitrogen and oxygen atoms in total. The molecule has 2 heterocycles. The lowest BCUT2D eigenvalue weighted by Crippen LogP contribution is -2.45. The molecule has 1 aromatic carbocycles. The summed E-state index contributed by atoms with van der Waals surface area (Å²) in [5.41, 5.74) is 0.636. The second kappa shape index (κ2) is 9.64. The first-order valence-electron chi connectivity index (χ1n) is 8.86. The van der Waals surface area contributed by atoms with Crippen molar-refractivity contribution in [3.05, 3.63) is 18.2 Å². The van der Waals surface area contributed by atoms with Crippen molar-refractivity contribution in [2.45, 2.75) is 19.8 Å². The van der Waals surface area contributed by atoms with E-state index in [-0.39, 0.29) is 36.7 Å². The highest BCUT2D eigenvalue weighted by Crippen LogP contribution is 2.32. The van der Waals surface area contributed by atoms with E-state index < -0.39 is 0 Å². The lowest BCUT2D eigenvalue weighted by molar-refractivity contribution is -0.138. The normalized spacial score (nSPS) is 18.4. The SMILES string of the molecule is CCN(CC(=O)Nc1ccc2c(c1)OCCO2)C(=O)C1CCCNC1.Cl. The number of rotatable bonds is 5. The van der Waals surface area contributed by atoms with Crippen molar-refractivity contribution >= 4 is 29.9 Å². The molecule has 3 rings (SSSR count). The molecule has 144 valence electrons. The molecule has 0 radical (unpaired) electrons. The lowest BCUT2D eigenvalue weighted by Gasteiger charge is -2.28. The van der Waals surface area contributed by atoms with E-state index in [4.69, 9.17) is 9.47 Å². The van der Waals surface area contributed by atoms with Crippen molar-refractivity contribution in [2.75, 3.05) is 44.7 Å². The third-order valence-corrected chi connectivity index (χ3v) is 4.50. The molecule has 1 fully saturated rings. The maximum atomic E-state index is 12.6. The van der Waals surface area contributed by atoms with Crippen LogP contribution in [0.1, 0.15) is 19.8 Å². The smallest absolute Gasteiger partial charge is 0.243 e. The molecule has 2 aliphatic heterocycles. The molecule has 8 heteroatoms. The van der Waals surface area contributed by atoms with Gasteiger partial charge in [0.2, 0.25) is 11.8 Å². The standard InChI is InChI=1S/C18H25N3O4.ClH/c1-2-21(18(23)13-4-3-7-19-11-13)12-17(22)20-14-5-6-15-16(10-14)25-9-8-24-15;/h5-6,10,13,19H,2-4,7-9,11-12H2,1H3,(H,20,22);1H. The Morgan fingerprint density at radius 3 is 2.73 bits per heavy atom. The average molecular weight is 384 g/mol. The molecule has 0 saturated carbocycles. The van der Waals surface area contributed by atoms with E-state index in [1.165, 1.54) is 0 Å². The number of carbonyl (C=O) groups is 2.